The fourth-order valence-electron chi connectivity index (χ4n) is 7.17. The Kier molecular flexibility index (Phi) is 6.57. The maximum atomic E-state index is 5.08. The van der Waals surface area contributed by atoms with Gasteiger partial charge in [-0.15, -0.1) is 0 Å². The zero-order valence-electron chi connectivity index (χ0n) is 25.6. The van der Waals surface area contributed by atoms with Crippen molar-refractivity contribution in [1.82, 2.24) is 15.0 Å². The van der Waals surface area contributed by atoms with Crippen LogP contribution in [0.3, 0.4) is 0 Å². The van der Waals surface area contributed by atoms with Crippen LogP contribution < -0.4 is 4.90 Å². The molecule has 0 saturated carbocycles. The Morgan fingerprint density at radius 1 is 0.447 bits per heavy atom. The van der Waals surface area contributed by atoms with Crippen LogP contribution in [0.2, 0.25) is 0 Å². The summed E-state index contributed by atoms with van der Waals surface area (Å²) in [6.07, 6.45) is 6.86. The molecule has 0 N–H and O–H groups in total. The Morgan fingerprint density at radius 3 is 1.72 bits per heavy atom. The molecule has 0 fully saturated rings. The molecule has 2 atom stereocenters. The molecule has 1 aromatic heterocycles. The van der Waals surface area contributed by atoms with E-state index in [1.54, 1.807) is 0 Å². The Morgan fingerprint density at radius 2 is 1.02 bits per heavy atom. The Labute approximate surface area is 274 Å². The first-order valence-corrected chi connectivity index (χ1v) is 16.0. The molecule has 0 bridgehead atoms. The molecule has 0 amide bonds. The van der Waals surface area contributed by atoms with Gasteiger partial charge in [0.2, 0.25) is 0 Å². The lowest BCUT2D eigenvalue weighted by Gasteiger charge is -2.35. The minimum atomic E-state index is 0.126. The number of nitrogens with zero attached hydrogens (tertiary/aromatic N) is 4. The van der Waals surface area contributed by atoms with Gasteiger partial charge < -0.3 is 4.90 Å². The molecule has 1 aliphatic carbocycles. The van der Waals surface area contributed by atoms with E-state index in [0.29, 0.717) is 17.5 Å². The molecule has 2 aliphatic rings. The van der Waals surface area contributed by atoms with Crippen molar-refractivity contribution in [3.8, 4) is 34.2 Å². The maximum absolute atomic E-state index is 5.08. The lowest BCUT2D eigenvalue weighted by molar-refractivity contribution is 0.725. The molecular weight excluding hydrogens is 573 g/mol. The highest BCUT2D eigenvalue weighted by molar-refractivity contribution is 6.07. The summed E-state index contributed by atoms with van der Waals surface area (Å²) in [4.78, 5) is 17.6. The molecule has 4 heteroatoms. The summed E-state index contributed by atoms with van der Waals surface area (Å²) in [5.41, 5.74) is 9.24. The normalized spacial score (nSPS) is 16.5. The second kappa shape index (κ2) is 11.3. The number of fused-ring (bicyclic) bond motifs is 4. The van der Waals surface area contributed by atoms with Crippen LogP contribution in [0.25, 0.3) is 50.5 Å². The van der Waals surface area contributed by atoms with Gasteiger partial charge in [-0.3, -0.25) is 0 Å². The molecule has 2 heterocycles. The highest BCUT2D eigenvalue weighted by Gasteiger charge is 2.41. The average molecular weight is 603 g/mol. The van der Waals surface area contributed by atoms with Crippen LogP contribution in [0.1, 0.15) is 17.0 Å². The number of allylic oxidation sites excluding steroid dienone is 2. The van der Waals surface area contributed by atoms with E-state index in [9.17, 15) is 0 Å². The van der Waals surface area contributed by atoms with Gasteiger partial charge in [0.1, 0.15) is 0 Å². The van der Waals surface area contributed by atoms with E-state index in [-0.39, 0.29) is 12.0 Å². The second-order valence-corrected chi connectivity index (χ2v) is 12.0. The molecule has 7 aromatic rings. The highest BCUT2D eigenvalue weighted by atomic mass is 15.2. The molecule has 6 aromatic carbocycles. The van der Waals surface area contributed by atoms with Gasteiger partial charge in [0.15, 0.2) is 17.5 Å². The number of aromatic nitrogens is 3. The quantitative estimate of drug-likeness (QED) is 0.197. The minimum Gasteiger partial charge on any atom is -0.332 e. The predicted molar refractivity (Wildman–Crippen MR) is 192 cm³/mol. The van der Waals surface area contributed by atoms with Crippen LogP contribution in [-0.2, 0) is 0 Å². The largest absolute Gasteiger partial charge is 0.332 e. The third-order valence-corrected chi connectivity index (χ3v) is 9.29. The van der Waals surface area contributed by atoms with Crippen molar-refractivity contribution >= 4 is 27.7 Å². The standard InChI is InChI=1S/C43H30N4/c1-4-15-29(16-5-1)32-24-14-25-36-35-23-12-13-26-38(35)47(40(32)36)39-28-27-37(33-21-10-11-22-34(33)39)43-45-41(30-17-6-2-7-18-30)44-42(46-43)31-19-8-3-9-20-31/h1-28,32,40H. The van der Waals surface area contributed by atoms with Crippen molar-refractivity contribution in [3.05, 3.63) is 181 Å². The summed E-state index contributed by atoms with van der Waals surface area (Å²) in [5.74, 6) is 2.18. The van der Waals surface area contributed by atoms with Crippen molar-refractivity contribution in [2.24, 2.45) is 0 Å². The number of benzene rings is 6. The van der Waals surface area contributed by atoms with Gasteiger partial charge in [0.05, 0.1) is 6.04 Å². The lowest BCUT2D eigenvalue weighted by atomic mass is 9.82. The topological polar surface area (TPSA) is 41.9 Å². The van der Waals surface area contributed by atoms with E-state index >= 15 is 0 Å². The maximum Gasteiger partial charge on any atom is 0.164 e. The van der Waals surface area contributed by atoms with Crippen molar-refractivity contribution in [1.29, 1.82) is 0 Å². The average Bonchev–Trinajstić information content (AvgIpc) is 3.50. The molecule has 0 saturated heterocycles. The number of anilines is 2. The first-order valence-electron chi connectivity index (χ1n) is 16.0. The van der Waals surface area contributed by atoms with Gasteiger partial charge >= 0.3 is 0 Å². The number of rotatable bonds is 5. The molecule has 9 rings (SSSR count). The van der Waals surface area contributed by atoms with Gasteiger partial charge in [-0.1, -0.05) is 152 Å². The fourth-order valence-corrected chi connectivity index (χ4v) is 7.17. The van der Waals surface area contributed by atoms with E-state index in [0.717, 1.165) is 27.5 Å². The number of para-hydroxylation sites is 1. The van der Waals surface area contributed by atoms with Crippen molar-refractivity contribution in [3.63, 3.8) is 0 Å². The van der Waals surface area contributed by atoms with E-state index in [1.165, 1.54) is 28.1 Å². The Hall–Kier alpha value is -6.13. The summed E-state index contributed by atoms with van der Waals surface area (Å²) < 4.78 is 0. The first-order chi connectivity index (χ1) is 23.3. The summed E-state index contributed by atoms with van der Waals surface area (Å²) in [7, 11) is 0. The van der Waals surface area contributed by atoms with Crippen molar-refractivity contribution in [2.45, 2.75) is 12.0 Å². The second-order valence-electron chi connectivity index (χ2n) is 12.0. The molecule has 222 valence electrons. The zero-order chi connectivity index (χ0) is 31.2. The Bertz CT molecular complexity index is 2250. The molecule has 0 radical (unpaired) electrons. The van der Waals surface area contributed by atoms with Crippen LogP contribution in [0.4, 0.5) is 11.4 Å². The monoisotopic (exact) mass is 602 g/mol. The predicted octanol–water partition coefficient (Wildman–Crippen LogP) is 10.3. The molecule has 1 aliphatic heterocycles. The van der Waals surface area contributed by atoms with Crippen LogP contribution >= 0.6 is 0 Å². The summed E-state index contributed by atoms with van der Waals surface area (Å²) in [6, 6.07) is 53.2. The van der Waals surface area contributed by atoms with Crippen LogP contribution in [0, 0.1) is 0 Å². The number of hydrogen-bond acceptors (Lipinski definition) is 4. The fraction of sp³-hybridized carbons (Fsp3) is 0.0465. The van der Waals surface area contributed by atoms with Crippen molar-refractivity contribution < 1.29 is 0 Å². The van der Waals surface area contributed by atoms with Crippen LogP contribution in [0.15, 0.2) is 170 Å². The van der Waals surface area contributed by atoms with E-state index in [4.69, 9.17) is 15.0 Å². The van der Waals surface area contributed by atoms with Gasteiger partial charge in [-0.2, -0.15) is 0 Å². The third kappa shape index (κ3) is 4.65. The van der Waals surface area contributed by atoms with Gasteiger partial charge in [-0.05, 0) is 34.7 Å². The van der Waals surface area contributed by atoms with Crippen molar-refractivity contribution in [2.75, 3.05) is 4.90 Å². The van der Waals surface area contributed by atoms with Crippen LogP contribution in [-0.4, -0.2) is 21.0 Å². The molecular formula is C43H30N4. The summed E-state index contributed by atoms with van der Waals surface area (Å²) in [5, 5.41) is 2.26. The van der Waals surface area contributed by atoms with Crippen LogP contribution in [0.5, 0.6) is 0 Å². The molecule has 47 heavy (non-hydrogen) atoms. The lowest BCUT2D eigenvalue weighted by Crippen LogP contribution is -2.33. The van der Waals surface area contributed by atoms with Gasteiger partial charge in [-0.25, -0.2) is 15.0 Å². The third-order valence-electron chi connectivity index (χ3n) is 9.29. The highest BCUT2D eigenvalue weighted by Crippen LogP contribution is 2.52. The van der Waals surface area contributed by atoms with E-state index in [1.807, 2.05) is 60.7 Å². The zero-order valence-corrected chi connectivity index (χ0v) is 25.6. The summed E-state index contributed by atoms with van der Waals surface area (Å²) >= 11 is 0. The SMILES string of the molecule is C1=CC(c2ccccc2)C2C(=C1)c1ccccc1N2c1ccc(-c2nc(-c3ccccc3)nc(-c3ccccc3)n2)c2ccccc12. The smallest absolute Gasteiger partial charge is 0.164 e. The van der Waals surface area contributed by atoms with E-state index < -0.39 is 0 Å². The first kappa shape index (κ1) is 27.2. The molecule has 4 nitrogen and oxygen atoms in total. The minimum absolute atomic E-state index is 0.126. The van der Waals surface area contributed by atoms with E-state index in [2.05, 4.69) is 114 Å². The van der Waals surface area contributed by atoms with Gasteiger partial charge in [0, 0.05) is 44.9 Å². The Balaban J connectivity index is 1.24. The molecule has 0 spiro atoms. The van der Waals surface area contributed by atoms with Gasteiger partial charge in [0.25, 0.3) is 0 Å². The molecule has 2 unspecified atom stereocenters. The summed E-state index contributed by atoms with van der Waals surface area (Å²) in [6.45, 7) is 0. The number of hydrogen-bond donors (Lipinski definition) is 0.